The Labute approximate surface area is 153 Å². The molecule has 6 heteroatoms. The smallest absolute Gasteiger partial charge is 0.177 e. The first-order chi connectivity index (χ1) is 12.4. The highest BCUT2D eigenvalue weighted by molar-refractivity contribution is 6.00. The SMILES string of the molecule is CN(C)CCC1C=C2C(=CC1=O)NN(N)C1C(=O)C=CC3=CC=CCC321. The fourth-order valence-electron chi connectivity index (χ4n) is 4.47. The molecule has 136 valence electrons. The molecule has 4 aliphatic rings. The van der Waals surface area contributed by atoms with Crippen molar-refractivity contribution in [1.29, 1.82) is 0 Å². The maximum absolute atomic E-state index is 12.7. The van der Waals surface area contributed by atoms with Gasteiger partial charge in [-0.1, -0.05) is 30.4 Å². The Hall–Kier alpha value is -2.28. The fraction of sp³-hybridized carbons (Fsp3) is 0.400. The Morgan fingerprint density at radius 3 is 2.88 bits per heavy atom. The minimum absolute atomic E-state index is 0.0193. The van der Waals surface area contributed by atoms with Gasteiger partial charge in [-0.25, -0.2) is 5.84 Å². The Bertz CT molecular complexity index is 818. The molecule has 3 unspecified atom stereocenters. The van der Waals surface area contributed by atoms with Crippen LogP contribution in [0.2, 0.25) is 0 Å². The minimum Gasteiger partial charge on any atom is -0.309 e. The lowest BCUT2D eigenvalue weighted by molar-refractivity contribution is -0.126. The van der Waals surface area contributed by atoms with Gasteiger partial charge in [-0.15, -0.1) is 5.12 Å². The van der Waals surface area contributed by atoms with E-state index in [1.165, 1.54) is 5.12 Å². The molecule has 6 nitrogen and oxygen atoms in total. The minimum atomic E-state index is -0.538. The summed E-state index contributed by atoms with van der Waals surface area (Å²) in [5, 5.41) is 1.37. The van der Waals surface area contributed by atoms with E-state index in [0.29, 0.717) is 12.1 Å². The number of hydrogen-bond donors (Lipinski definition) is 2. The van der Waals surface area contributed by atoms with Crippen molar-refractivity contribution >= 4 is 11.6 Å². The van der Waals surface area contributed by atoms with E-state index in [1.54, 1.807) is 12.2 Å². The zero-order valence-electron chi connectivity index (χ0n) is 15.1. The van der Waals surface area contributed by atoms with Crippen molar-refractivity contribution in [1.82, 2.24) is 15.4 Å². The molecule has 1 spiro atoms. The van der Waals surface area contributed by atoms with E-state index >= 15 is 0 Å². The third-order valence-electron chi connectivity index (χ3n) is 5.74. The Kier molecular flexibility index (Phi) is 4.06. The third-order valence-corrected chi connectivity index (χ3v) is 5.74. The van der Waals surface area contributed by atoms with Crippen LogP contribution in [0.25, 0.3) is 0 Å². The van der Waals surface area contributed by atoms with Crippen LogP contribution in [-0.2, 0) is 9.59 Å². The van der Waals surface area contributed by atoms with Gasteiger partial charge >= 0.3 is 0 Å². The Morgan fingerprint density at radius 1 is 1.31 bits per heavy atom. The molecule has 0 amide bonds. The molecule has 3 atom stereocenters. The number of hydrogen-bond acceptors (Lipinski definition) is 6. The number of ketones is 2. The number of rotatable bonds is 3. The third kappa shape index (κ3) is 2.45. The van der Waals surface area contributed by atoms with Gasteiger partial charge in [0.2, 0.25) is 0 Å². The van der Waals surface area contributed by atoms with Crippen molar-refractivity contribution in [2.45, 2.75) is 18.9 Å². The van der Waals surface area contributed by atoms with E-state index in [2.05, 4.69) is 22.5 Å². The summed E-state index contributed by atoms with van der Waals surface area (Å²) >= 11 is 0. The van der Waals surface area contributed by atoms with Crippen molar-refractivity contribution in [3.05, 3.63) is 59.4 Å². The van der Waals surface area contributed by atoms with Crippen LogP contribution in [0.15, 0.2) is 59.4 Å². The van der Waals surface area contributed by atoms with Crippen molar-refractivity contribution in [3.8, 4) is 0 Å². The molecule has 0 aromatic carbocycles. The Morgan fingerprint density at radius 2 is 2.12 bits per heavy atom. The summed E-state index contributed by atoms with van der Waals surface area (Å²) < 4.78 is 0. The van der Waals surface area contributed by atoms with Gasteiger partial charge in [0, 0.05) is 12.0 Å². The topological polar surface area (TPSA) is 78.7 Å². The zero-order valence-corrected chi connectivity index (χ0v) is 15.1. The molecular weight excluding hydrogens is 328 g/mol. The van der Waals surface area contributed by atoms with Crippen LogP contribution in [0.3, 0.4) is 0 Å². The van der Waals surface area contributed by atoms with Crippen LogP contribution in [0.1, 0.15) is 12.8 Å². The second-order valence-electron chi connectivity index (χ2n) is 7.62. The number of carbonyl (C=O) groups excluding carboxylic acids is 2. The van der Waals surface area contributed by atoms with E-state index in [0.717, 1.165) is 24.1 Å². The van der Waals surface area contributed by atoms with Gasteiger partial charge in [-0.05, 0) is 50.7 Å². The molecule has 1 aliphatic heterocycles. The molecule has 0 aromatic heterocycles. The van der Waals surface area contributed by atoms with Crippen molar-refractivity contribution in [3.63, 3.8) is 0 Å². The summed E-state index contributed by atoms with van der Waals surface area (Å²) in [5.74, 6) is 6.08. The van der Waals surface area contributed by atoms with Gasteiger partial charge in [-0.3, -0.25) is 9.59 Å². The van der Waals surface area contributed by atoms with Crippen LogP contribution >= 0.6 is 0 Å². The average Bonchev–Trinajstić information content (AvgIpc) is 2.59. The predicted octanol–water partition coefficient (Wildman–Crippen LogP) is 1.02. The number of carbonyl (C=O) groups is 2. The van der Waals surface area contributed by atoms with Crippen LogP contribution in [0, 0.1) is 11.3 Å². The first-order valence-corrected chi connectivity index (χ1v) is 8.96. The first-order valence-electron chi connectivity index (χ1n) is 8.96. The number of nitrogens with two attached hydrogens (primary N) is 1. The fourth-order valence-corrected chi connectivity index (χ4v) is 4.47. The van der Waals surface area contributed by atoms with Crippen molar-refractivity contribution in [2.24, 2.45) is 17.2 Å². The molecule has 3 aliphatic carbocycles. The van der Waals surface area contributed by atoms with Crippen LogP contribution < -0.4 is 11.3 Å². The summed E-state index contributed by atoms with van der Waals surface area (Å²) in [6.45, 7) is 0.831. The summed E-state index contributed by atoms with van der Waals surface area (Å²) in [5.41, 5.74) is 5.31. The van der Waals surface area contributed by atoms with Crippen molar-refractivity contribution in [2.75, 3.05) is 20.6 Å². The van der Waals surface area contributed by atoms with Gasteiger partial charge in [0.05, 0.1) is 11.1 Å². The second kappa shape index (κ2) is 6.16. The Balaban J connectivity index is 1.83. The van der Waals surface area contributed by atoms with Crippen molar-refractivity contribution < 1.29 is 9.59 Å². The first kappa shape index (κ1) is 17.1. The van der Waals surface area contributed by atoms with Gasteiger partial charge in [0.15, 0.2) is 11.6 Å². The number of nitrogens with one attached hydrogen (secondary N) is 1. The standard InChI is InChI=1S/C20H24N4O2/c1-23(2)10-8-13-11-15-16(12-18(13)26)22-24(21)19-17(25)7-6-14-5-3-4-9-20(14,15)19/h3-7,11-13,19,22H,8-10,21H2,1-2H3. The van der Waals surface area contributed by atoms with Gasteiger partial charge in [-0.2, -0.15) is 0 Å². The summed E-state index contributed by atoms with van der Waals surface area (Å²) in [6.07, 6.45) is 14.8. The molecule has 1 heterocycles. The van der Waals surface area contributed by atoms with E-state index in [4.69, 9.17) is 5.84 Å². The highest BCUT2D eigenvalue weighted by atomic mass is 16.1. The van der Waals surface area contributed by atoms with E-state index in [9.17, 15) is 9.59 Å². The molecule has 1 saturated heterocycles. The van der Waals surface area contributed by atoms with Crippen LogP contribution in [0.4, 0.5) is 0 Å². The van der Waals surface area contributed by atoms with Gasteiger partial charge in [0.25, 0.3) is 0 Å². The molecule has 0 aromatic rings. The summed E-state index contributed by atoms with van der Waals surface area (Å²) in [4.78, 5) is 27.4. The number of hydrazine groups is 2. The second-order valence-corrected chi connectivity index (χ2v) is 7.62. The number of nitrogens with zero attached hydrogens (tertiary/aromatic N) is 2. The maximum Gasteiger partial charge on any atom is 0.177 e. The van der Waals surface area contributed by atoms with E-state index in [-0.39, 0.29) is 17.5 Å². The molecule has 3 N–H and O–H groups in total. The molecule has 4 rings (SSSR count). The molecule has 0 saturated carbocycles. The average molecular weight is 352 g/mol. The molecular formula is C20H24N4O2. The molecule has 0 radical (unpaired) electrons. The highest BCUT2D eigenvalue weighted by Gasteiger charge is 2.56. The lowest BCUT2D eigenvalue weighted by Gasteiger charge is -2.53. The number of allylic oxidation sites excluding steroid dienone is 7. The van der Waals surface area contributed by atoms with E-state index < -0.39 is 11.5 Å². The molecule has 26 heavy (non-hydrogen) atoms. The quantitative estimate of drug-likeness (QED) is 0.739. The lowest BCUT2D eigenvalue weighted by atomic mass is 9.58. The summed E-state index contributed by atoms with van der Waals surface area (Å²) in [7, 11) is 4.00. The van der Waals surface area contributed by atoms with E-state index in [1.807, 2.05) is 32.3 Å². The van der Waals surface area contributed by atoms with Crippen LogP contribution in [-0.4, -0.2) is 48.3 Å². The predicted molar refractivity (Wildman–Crippen MR) is 99.2 cm³/mol. The largest absolute Gasteiger partial charge is 0.309 e. The van der Waals surface area contributed by atoms with Crippen LogP contribution in [0.5, 0.6) is 0 Å². The highest BCUT2D eigenvalue weighted by Crippen LogP contribution is 2.53. The normalized spacial score (nSPS) is 33.0. The number of fused-ring (bicyclic) bond motifs is 1. The maximum atomic E-state index is 12.7. The summed E-state index contributed by atoms with van der Waals surface area (Å²) in [6, 6.07) is -0.519. The molecule has 1 fully saturated rings. The lowest BCUT2D eigenvalue weighted by Crippen LogP contribution is -2.67. The van der Waals surface area contributed by atoms with Gasteiger partial charge in [0.1, 0.15) is 6.04 Å². The zero-order chi connectivity index (χ0) is 18.5. The monoisotopic (exact) mass is 352 g/mol. The molecule has 0 bridgehead atoms. The van der Waals surface area contributed by atoms with Gasteiger partial charge < -0.3 is 10.3 Å².